The molecule has 1 heterocycles. The third kappa shape index (κ3) is 4.58. The van der Waals surface area contributed by atoms with Crippen LogP contribution in [0.3, 0.4) is 0 Å². The van der Waals surface area contributed by atoms with Crippen molar-refractivity contribution in [2.45, 2.75) is 44.8 Å². The first-order chi connectivity index (χ1) is 6.68. The Bertz CT molecular complexity index is 175. The molecule has 1 N–H and O–H groups in total. The summed E-state index contributed by atoms with van der Waals surface area (Å²) in [4.78, 5) is 10.3. The molecule has 0 amide bonds. The van der Waals surface area contributed by atoms with Gasteiger partial charge < -0.3 is 14.6 Å². The smallest absolute Gasteiger partial charge is 0.305 e. The first-order valence-corrected chi connectivity index (χ1v) is 5.13. The highest BCUT2D eigenvalue weighted by Crippen LogP contribution is 2.13. The number of rotatable bonds is 5. The topological polar surface area (TPSA) is 55.8 Å². The molecule has 1 fully saturated rings. The second-order valence-corrected chi connectivity index (χ2v) is 3.73. The van der Waals surface area contributed by atoms with E-state index >= 15 is 0 Å². The van der Waals surface area contributed by atoms with E-state index in [0.29, 0.717) is 6.61 Å². The van der Waals surface area contributed by atoms with Crippen LogP contribution in [0.1, 0.15) is 32.6 Å². The lowest BCUT2D eigenvalue weighted by Gasteiger charge is -2.23. The molecule has 14 heavy (non-hydrogen) atoms. The van der Waals surface area contributed by atoms with E-state index in [9.17, 15) is 4.79 Å². The van der Waals surface area contributed by atoms with Crippen LogP contribution in [0.15, 0.2) is 0 Å². The monoisotopic (exact) mass is 202 g/mol. The first kappa shape index (κ1) is 11.5. The molecule has 0 radical (unpaired) electrons. The summed E-state index contributed by atoms with van der Waals surface area (Å²) >= 11 is 0. The van der Waals surface area contributed by atoms with Gasteiger partial charge >= 0.3 is 5.97 Å². The van der Waals surface area contributed by atoms with Crippen molar-refractivity contribution >= 4 is 5.97 Å². The fourth-order valence-electron chi connectivity index (χ4n) is 1.52. The second kappa shape index (κ2) is 5.98. The number of carbonyl (C=O) groups is 1. The molecule has 1 aliphatic rings. The van der Waals surface area contributed by atoms with Gasteiger partial charge in [0.1, 0.15) is 0 Å². The average molecular weight is 202 g/mol. The standard InChI is InChI=1S/C10H18O4/c1-8(6-10(11)12)14-7-9-4-2-3-5-13-9/h8-9H,2-7H2,1H3,(H,11,12). The van der Waals surface area contributed by atoms with Crippen LogP contribution in [0.5, 0.6) is 0 Å². The molecule has 1 saturated heterocycles. The Morgan fingerprint density at radius 3 is 3.00 bits per heavy atom. The molecule has 0 aromatic rings. The lowest BCUT2D eigenvalue weighted by atomic mass is 10.1. The summed E-state index contributed by atoms with van der Waals surface area (Å²) in [5.41, 5.74) is 0. The van der Waals surface area contributed by atoms with Gasteiger partial charge in [-0.1, -0.05) is 0 Å². The fraction of sp³-hybridized carbons (Fsp3) is 0.900. The number of hydrogen-bond donors (Lipinski definition) is 1. The summed E-state index contributed by atoms with van der Waals surface area (Å²) in [6, 6.07) is 0. The zero-order chi connectivity index (χ0) is 10.4. The molecule has 0 bridgehead atoms. The van der Waals surface area contributed by atoms with Gasteiger partial charge in [-0.3, -0.25) is 4.79 Å². The Balaban J connectivity index is 2.09. The maximum atomic E-state index is 10.3. The minimum Gasteiger partial charge on any atom is -0.481 e. The highest BCUT2D eigenvalue weighted by molar-refractivity contribution is 5.67. The number of carboxylic acids is 1. The van der Waals surface area contributed by atoms with Crippen molar-refractivity contribution in [2.75, 3.05) is 13.2 Å². The van der Waals surface area contributed by atoms with Crippen LogP contribution in [0.2, 0.25) is 0 Å². The van der Waals surface area contributed by atoms with E-state index in [1.807, 2.05) is 0 Å². The third-order valence-electron chi connectivity index (χ3n) is 2.30. The van der Waals surface area contributed by atoms with Gasteiger partial charge in [0.25, 0.3) is 0 Å². The van der Waals surface area contributed by atoms with Crippen molar-refractivity contribution in [2.24, 2.45) is 0 Å². The van der Waals surface area contributed by atoms with E-state index < -0.39 is 5.97 Å². The van der Waals surface area contributed by atoms with E-state index in [2.05, 4.69) is 0 Å². The summed E-state index contributed by atoms with van der Waals surface area (Å²) in [7, 11) is 0. The molecule has 82 valence electrons. The number of hydrogen-bond acceptors (Lipinski definition) is 3. The highest BCUT2D eigenvalue weighted by Gasteiger charge is 2.16. The Morgan fingerprint density at radius 2 is 2.43 bits per heavy atom. The third-order valence-corrected chi connectivity index (χ3v) is 2.30. The maximum absolute atomic E-state index is 10.3. The van der Waals surface area contributed by atoms with Crippen molar-refractivity contribution in [3.8, 4) is 0 Å². The Labute approximate surface area is 84.2 Å². The summed E-state index contributed by atoms with van der Waals surface area (Å²) in [6.07, 6.45) is 3.34. The normalized spacial score (nSPS) is 24.5. The molecular formula is C10H18O4. The van der Waals surface area contributed by atoms with E-state index in [0.717, 1.165) is 19.4 Å². The summed E-state index contributed by atoms with van der Waals surface area (Å²) in [5.74, 6) is -0.818. The van der Waals surface area contributed by atoms with Gasteiger partial charge in [-0.2, -0.15) is 0 Å². The van der Waals surface area contributed by atoms with Gasteiger partial charge in [-0.25, -0.2) is 0 Å². The maximum Gasteiger partial charge on any atom is 0.305 e. The molecular weight excluding hydrogens is 184 g/mol. The fourth-order valence-corrected chi connectivity index (χ4v) is 1.52. The molecule has 4 nitrogen and oxygen atoms in total. The molecule has 1 aliphatic heterocycles. The van der Waals surface area contributed by atoms with Crippen LogP contribution in [0.25, 0.3) is 0 Å². The van der Waals surface area contributed by atoms with Crippen LogP contribution in [-0.4, -0.2) is 36.5 Å². The average Bonchev–Trinajstić information content (AvgIpc) is 2.15. The van der Waals surface area contributed by atoms with Crippen LogP contribution < -0.4 is 0 Å². The summed E-state index contributed by atoms with van der Waals surface area (Å²) in [6.45, 7) is 3.10. The van der Waals surface area contributed by atoms with Gasteiger partial charge in [-0.05, 0) is 26.2 Å². The Morgan fingerprint density at radius 1 is 1.64 bits per heavy atom. The number of ether oxygens (including phenoxy) is 2. The minimum atomic E-state index is -0.818. The van der Waals surface area contributed by atoms with Crippen LogP contribution >= 0.6 is 0 Å². The molecule has 2 unspecified atom stereocenters. The highest BCUT2D eigenvalue weighted by atomic mass is 16.5. The predicted octanol–water partition coefficient (Wildman–Crippen LogP) is 1.44. The van der Waals surface area contributed by atoms with Crippen LogP contribution in [0, 0.1) is 0 Å². The molecule has 0 aliphatic carbocycles. The Kier molecular flexibility index (Phi) is 4.90. The zero-order valence-electron chi connectivity index (χ0n) is 8.57. The largest absolute Gasteiger partial charge is 0.481 e. The van der Waals surface area contributed by atoms with Gasteiger partial charge in [0.2, 0.25) is 0 Å². The SMILES string of the molecule is CC(CC(=O)O)OCC1CCCCO1. The number of carboxylic acid groups (broad SMARTS) is 1. The second-order valence-electron chi connectivity index (χ2n) is 3.73. The first-order valence-electron chi connectivity index (χ1n) is 5.13. The molecule has 0 spiro atoms. The molecule has 0 aromatic heterocycles. The number of aliphatic carboxylic acids is 1. The van der Waals surface area contributed by atoms with E-state index in [4.69, 9.17) is 14.6 Å². The van der Waals surface area contributed by atoms with Crippen LogP contribution in [-0.2, 0) is 14.3 Å². The quantitative estimate of drug-likeness (QED) is 0.732. The van der Waals surface area contributed by atoms with E-state index in [-0.39, 0.29) is 18.6 Å². The van der Waals surface area contributed by atoms with Gasteiger partial charge in [0.05, 0.1) is 25.2 Å². The molecule has 2 atom stereocenters. The van der Waals surface area contributed by atoms with Crippen LogP contribution in [0.4, 0.5) is 0 Å². The molecule has 4 heteroatoms. The molecule has 0 aromatic carbocycles. The van der Waals surface area contributed by atoms with Gasteiger partial charge in [0.15, 0.2) is 0 Å². The molecule has 1 rings (SSSR count). The summed E-state index contributed by atoms with van der Waals surface area (Å²) < 4.78 is 10.8. The van der Waals surface area contributed by atoms with Crippen molar-refractivity contribution in [3.05, 3.63) is 0 Å². The van der Waals surface area contributed by atoms with Gasteiger partial charge in [0, 0.05) is 6.61 Å². The molecule has 0 saturated carbocycles. The summed E-state index contributed by atoms with van der Waals surface area (Å²) in [5, 5.41) is 8.51. The van der Waals surface area contributed by atoms with Crippen molar-refractivity contribution in [1.82, 2.24) is 0 Å². The minimum absolute atomic E-state index is 0.0622. The predicted molar refractivity (Wildman–Crippen MR) is 51.3 cm³/mol. The Hall–Kier alpha value is -0.610. The van der Waals surface area contributed by atoms with Crippen molar-refractivity contribution < 1.29 is 19.4 Å². The lowest BCUT2D eigenvalue weighted by Crippen LogP contribution is -2.27. The van der Waals surface area contributed by atoms with Crippen molar-refractivity contribution in [3.63, 3.8) is 0 Å². The van der Waals surface area contributed by atoms with E-state index in [1.54, 1.807) is 6.92 Å². The lowest BCUT2D eigenvalue weighted by molar-refractivity contribution is -0.141. The van der Waals surface area contributed by atoms with Crippen molar-refractivity contribution in [1.29, 1.82) is 0 Å². The zero-order valence-corrected chi connectivity index (χ0v) is 8.57. The van der Waals surface area contributed by atoms with E-state index in [1.165, 1.54) is 6.42 Å². The van der Waals surface area contributed by atoms with Gasteiger partial charge in [-0.15, -0.1) is 0 Å².